The second kappa shape index (κ2) is 10.9. The third-order valence-electron chi connectivity index (χ3n) is 5.24. The maximum atomic E-state index is 9.72. The predicted octanol–water partition coefficient (Wildman–Crippen LogP) is 2.14. The Balaban J connectivity index is 1.50. The van der Waals surface area contributed by atoms with E-state index in [0.717, 1.165) is 30.0 Å². The van der Waals surface area contributed by atoms with E-state index in [4.69, 9.17) is 4.74 Å². The molecule has 1 aromatic carbocycles. The quantitative estimate of drug-likeness (QED) is 0.478. The monoisotopic (exact) mass is 411 g/mol. The first-order valence-electron chi connectivity index (χ1n) is 10.5. The lowest BCUT2D eigenvalue weighted by Crippen LogP contribution is -2.45. The number of aromatic nitrogens is 1. The number of hydrogen-bond donors (Lipinski definition) is 3. The van der Waals surface area contributed by atoms with Gasteiger partial charge in [-0.15, -0.1) is 0 Å². The summed E-state index contributed by atoms with van der Waals surface area (Å²) < 4.78 is 5.80. The van der Waals surface area contributed by atoms with Gasteiger partial charge in [0.05, 0.1) is 18.8 Å². The van der Waals surface area contributed by atoms with Crippen LogP contribution in [0.25, 0.3) is 0 Å². The van der Waals surface area contributed by atoms with Crippen molar-refractivity contribution in [3.05, 3.63) is 59.8 Å². The number of aliphatic hydroxyl groups excluding tert-OH is 1. The van der Waals surface area contributed by atoms with Crippen LogP contribution in [0.4, 0.5) is 5.82 Å². The Kier molecular flexibility index (Phi) is 8.04. The van der Waals surface area contributed by atoms with E-state index in [0.29, 0.717) is 19.0 Å². The van der Waals surface area contributed by atoms with Gasteiger partial charge in [-0.25, -0.2) is 4.98 Å². The summed E-state index contributed by atoms with van der Waals surface area (Å²) in [4.78, 5) is 11.2. The Morgan fingerprint density at radius 2 is 1.90 bits per heavy atom. The van der Waals surface area contributed by atoms with Gasteiger partial charge in [-0.1, -0.05) is 36.4 Å². The molecule has 0 bridgehead atoms. The highest BCUT2D eigenvalue weighted by molar-refractivity contribution is 5.79. The number of aliphatic hydroxyl groups is 1. The lowest BCUT2D eigenvalue weighted by atomic mass is 10.0. The maximum Gasteiger partial charge on any atom is 0.191 e. The second-order valence-electron chi connectivity index (χ2n) is 7.78. The molecule has 0 spiro atoms. The molecule has 0 saturated carbocycles. The molecule has 0 radical (unpaired) electrons. The van der Waals surface area contributed by atoms with Crippen molar-refractivity contribution in [2.45, 2.75) is 38.5 Å². The number of hydrogen-bond acceptors (Lipinski definition) is 5. The van der Waals surface area contributed by atoms with E-state index >= 15 is 0 Å². The van der Waals surface area contributed by atoms with E-state index in [1.807, 2.05) is 36.5 Å². The molecule has 0 aliphatic carbocycles. The van der Waals surface area contributed by atoms with E-state index in [2.05, 4.69) is 51.5 Å². The SMILES string of the molecule is CN=C(NCc1ccc(N2CC(C)OC(C)C2)nc1)NCC(CO)c1ccccc1. The molecule has 1 saturated heterocycles. The van der Waals surface area contributed by atoms with Crippen LogP contribution in [0, 0.1) is 0 Å². The molecular formula is C23H33N5O2. The number of aliphatic imine (C=N–C) groups is 1. The molecule has 3 unspecified atom stereocenters. The minimum absolute atomic E-state index is 0.0176. The summed E-state index contributed by atoms with van der Waals surface area (Å²) in [5.41, 5.74) is 2.19. The molecule has 0 amide bonds. The van der Waals surface area contributed by atoms with Crippen LogP contribution in [0.1, 0.15) is 30.9 Å². The Morgan fingerprint density at radius 1 is 1.17 bits per heavy atom. The molecule has 3 N–H and O–H groups in total. The highest BCUT2D eigenvalue weighted by Crippen LogP contribution is 2.18. The molecule has 162 valence electrons. The van der Waals surface area contributed by atoms with Crippen molar-refractivity contribution >= 4 is 11.8 Å². The number of anilines is 1. The summed E-state index contributed by atoms with van der Waals surface area (Å²) in [7, 11) is 1.74. The number of ether oxygens (including phenoxy) is 1. The largest absolute Gasteiger partial charge is 0.396 e. The molecule has 3 rings (SSSR count). The van der Waals surface area contributed by atoms with Gasteiger partial charge in [0.1, 0.15) is 5.82 Å². The van der Waals surface area contributed by atoms with E-state index in [1.54, 1.807) is 7.05 Å². The van der Waals surface area contributed by atoms with E-state index in [-0.39, 0.29) is 24.7 Å². The Bertz CT molecular complexity index is 787. The van der Waals surface area contributed by atoms with Gasteiger partial charge < -0.3 is 25.4 Å². The summed E-state index contributed by atoms with van der Waals surface area (Å²) in [5.74, 6) is 1.70. The van der Waals surface area contributed by atoms with Crippen LogP contribution < -0.4 is 15.5 Å². The molecule has 1 aromatic heterocycles. The topological polar surface area (TPSA) is 82.0 Å². The third kappa shape index (κ3) is 6.18. The summed E-state index contributed by atoms with van der Waals surface area (Å²) in [6.07, 6.45) is 2.33. The number of pyridine rings is 1. The number of rotatable bonds is 7. The third-order valence-corrected chi connectivity index (χ3v) is 5.24. The zero-order valence-electron chi connectivity index (χ0n) is 18.1. The first-order chi connectivity index (χ1) is 14.6. The lowest BCUT2D eigenvalue weighted by Gasteiger charge is -2.36. The highest BCUT2D eigenvalue weighted by atomic mass is 16.5. The average Bonchev–Trinajstić information content (AvgIpc) is 2.76. The Morgan fingerprint density at radius 3 is 2.50 bits per heavy atom. The zero-order valence-corrected chi connectivity index (χ0v) is 18.1. The molecule has 7 heteroatoms. The van der Waals surface area contributed by atoms with Gasteiger partial charge in [-0.2, -0.15) is 0 Å². The number of benzene rings is 1. The molecular weight excluding hydrogens is 378 g/mol. The second-order valence-corrected chi connectivity index (χ2v) is 7.78. The highest BCUT2D eigenvalue weighted by Gasteiger charge is 2.23. The fourth-order valence-electron chi connectivity index (χ4n) is 3.71. The summed E-state index contributed by atoms with van der Waals surface area (Å²) >= 11 is 0. The molecule has 2 heterocycles. The predicted molar refractivity (Wildman–Crippen MR) is 121 cm³/mol. The van der Waals surface area contributed by atoms with Crippen LogP contribution >= 0.6 is 0 Å². The van der Waals surface area contributed by atoms with Crippen molar-refractivity contribution in [1.29, 1.82) is 0 Å². The lowest BCUT2D eigenvalue weighted by molar-refractivity contribution is -0.00545. The zero-order chi connectivity index (χ0) is 21.3. The fourth-order valence-corrected chi connectivity index (χ4v) is 3.71. The van der Waals surface area contributed by atoms with Crippen LogP contribution in [-0.2, 0) is 11.3 Å². The van der Waals surface area contributed by atoms with Gasteiger partial charge in [-0.3, -0.25) is 4.99 Å². The number of nitrogens with one attached hydrogen (secondary N) is 2. The molecule has 2 aromatic rings. The van der Waals surface area contributed by atoms with Gasteiger partial charge >= 0.3 is 0 Å². The van der Waals surface area contributed by atoms with Crippen molar-refractivity contribution in [2.75, 3.05) is 38.2 Å². The first-order valence-corrected chi connectivity index (χ1v) is 10.5. The number of morpholine rings is 1. The standard InChI is InChI=1S/C23H33N5O2/c1-17-14-28(15-18(2)30-17)22-10-9-19(11-25-22)12-26-23(24-3)27-13-21(16-29)20-7-5-4-6-8-20/h4-11,17-18,21,29H,12-16H2,1-3H3,(H2,24,26,27). The first kappa shape index (κ1) is 22.1. The normalized spacial score (nSPS) is 20.7. The molecule has 1 fully saturated rings. The smallest absolute Gasteiger partial charge is 0.191 e. The minimum atomic E-state index is 0.0176. The van der Waals surface area contributed by atoms with Crippen LogP contribution in [0.5, 0.6) is 0 Å². The maximum absolute atomic E-state index is 9.72. The fraction of sp³-hybridized carbons (Fsp3) is 0.478. The van der Waals surface area contributed by atoms with E-state index in [1.165, 1.54) is 0 Å². The van der Waals surface area contributed by atoms with Gasteiger partial charge in [0.2, 0.25) is 0 Å². The number of guanidine groups is 1. The van der Waals surface area contributed by atoms with Gasteiger partial charge in [-0.05, 0) is 31.0 Å². The van der Waals surface area contributed by atoms with Crippen molar-refractivity contribution in [3.63, 3.8) is 0 Å². The van der Waals surface area contributed by atoms with E-state index in [9.17, 15) is 5.11 Å². The molecule has 1 aliphatic heterocycles. The average molecular weight is 412 g/mol. The van der Waals surface area contributed by atoms with Crippen LogP contribution in [0.2, 0.25) is 0 Å². The van der Waals surface area contributed by atoms with Gasteiger partial charge in [0.15, 0.2) is 5.96 Å². The Hall–Kier alpha value is -2.64. The minimum Gasteiger partial charge on any atom is -0.396 e. The summed E-state index contributed by atoms with van der Waals surface area (Å²) in [5, 5.41) is 16.3. The van der Waals surface area contributed by atoms with Crippen LogP contribution in [-0.4, -0.2) is 61.5 Å². The van der Waals surface area contributed by atoms with Crippen molar-refractivity contribution in [2.24, 2.45) is 4.99 Å². The summed E-state index contributed by atoms with van der Waals surface area (Å²) in [6, 6.07) is 14.2. The van der Waals surface area contributed by atoms with Crippen molar-refractivity contribution in [1.82, 2.24) is 15.6 Å². The van der Waals surface area contributed by atoms with E-state index < -0.39 is 0 Å². The molecule has 30 heavy (non-hydrogen) atoms. The van der Waals surface area contributed by atoms with Crippen LogP contribution in [0.15, 0.2) is 53.7 Å². The molecule has 7 nitrogen and oxygen atoms in total. The van der Waals surface area contributed by atoms with Gasteiger partial charge in [0.25, 0.3) is 0 Å². The summed E-state index contributed by atoms with van der Waals surface area (Å²) in [6.45, 7) is 7.22. The van der Waals surface area contributed by atoms with Crippen molar-refractivity contribution < 1.29 is 9.84 Å². The Labute approximate surface area is 179 Å². The van der Waals surface area contributed by atoms with Gasteiger partial charge in [0, 0.05) is 45.3 Å². The number of nitrogens with zero attached hydrogens (tertiary/aromatic N) is 3. The van der Waals surface area contributed by atoms with Crippen molar-refractivity contribution in [3.8, 4) is 0 Å². The molecule has 3 atom stereocenters. The molecule has 1 aliphatic rings. The van der Waals surface area contributed by atoms with Crippen LogP contribution in [0.3, 0.4) is 0 Å².